The van der Waals surface area contributed by atoms with Crippen molar-refractivity contribution in [2.45, 2.75) is 31.1 Å². The largest absolute Gasteiger partial charge is 0.351 e. The van der Waals surface area contributed by atoms with Crippen LogP contribution in [0.3, 0.4) is 0 Å². The van der Waals surface area contributed by atoms with E-state index < -0.39 is 10.0 Å². The van der Waals surface area contributed by atoms with E-state index in [0.29, 0.717) is 10.6 Å². The normalized spacial score (nSPS) is 12.0. The van der Waals surface area contributed by atoms with Crippen molar-refractivity contribution in [3.8, 4) is 0 Å². The molecule has 2 aromatic carbocycles. The van der Waals surface area contributed by atoms with Crippen molar-refractivity contribution in [2.24, 2.45) is 0 Å². The van der Waals surface area contributed by atoms with Crippen LogP contribution >= 0.6 is 11.6 Å². The Balaban J connectivity index is 1.88. The van der Waals surface area contributed by atoms with Gasteiger partial charge in [-0.2, -0.15) is 0 Å². The van der Waals surface area contributed by atoms with Gasteiger partial charge in [0, 0.05) is 23.7 Å². The van der Waals surface area contributed by atoms with E-state index in [4.69, 9.17) is 11.6 Å². The predicted octanol–water partition coefficient (Wildman–Crippen LogP) is 3.35. The van der Waals surface area contributed by atoms with Crippen LogP contribution < -0.4 is 10.0 Å². The lowest BCUT2D eigenvalue weighted by Gasteiger charge is -2.19. The Hall–Kier alpha value is -1.89. The third-order valence-corrected chi connectivity index (χ3v) is 5.57. The average Bonchev–Trinajstić information content (AvgIpc) is 2.58. The van der Waals surface area contributed by atoms with Crippen LogP contribution in [0.5, 0.6) is 0 Å². The lowest BCUT2D eigenvalue weighted by molar-refractivity contribution is 0.0954. The Morgan fingerprint density at radius 2 is 1.54 bits per heavy atom. The molecule has 0 aliphatic rings. The van der Waals surface area contributed by atoms with Crippen molar-refractivity contribution in [3.63, 3.8) is 0 Å². The molecule has 0 aliphatic heterocycles. The molecule has 2 N–H and O–H groups in total. The summed E-state index contributed by atoms with van der Waals surface area (Å²) in [5.41, 5.74) is 1.49. The second kappa shape index (κ2) is 8.20. The minimum atomic E-state index is -3.61. The van der Waals surface area contributed by atoms with Gasteiger partial charge in [-0.15, -0.1) is 0 Å². The molecule has 0 spiro atoms. The van der Waals surface area contributed by atoms with Crippen molar-refractivity contribution < 1.29 is 13.2 Å². The maximum Gasteiger partial charge on any atom is 0.251 e. The number of nitrogens with one attached hydrogen (secondary N) is 2. The molecule has 0 atom stereocenters. The molecule has 0 unspecified atom stereocenters. The Kier molecular flexibility index (Phi) is 6.44. The molecule has 0 aliphatic carbocycles. The van der Waals surface area contributed by atoms with Gasteiger partial charge < -0.3 is 5.32 Å². The molecule has 0 bridgehead atoms. The van der Waals surface area contributed by atoms with Crippen molar-refractivity contribution in [1.82, 2.24) is 10.0 Å². The maximum absolute atomic E-state index is 12.3. The monoisotopic (exact) mass is 394 g/mol. The minimum absolute atomic E-state index is 0.0400. The number of carbonyl (C=O) groups excluding carboxylic acids is 1. The van der Waals surface area contributed by atoms with Crippen LogP contribution in [0.1, 0.15) is 36.7 Å². The molecule has 1 amide bonds. The van der Waals surface area contributed by atoms with E-state index in [-0.39, 0.29) is 29.3 Å². The van der Waals surface area contributed by atoms with Gasteiger partial charge in [0.25, 0.3) is 5.91 Å². The maximum atomic E-state index is 12.3. The molecule has 2 rings (SSSR count). The van der Waals surface area contributed by atoms with Crippen LogP contribution in [0.15, 0.2) is 53.4 Å². The molecule has 0 heterocycles. The first kappa shape index (κ1) is 20.4. The molecular weight excluding hydrogens is 372 g/mol. The SMILES string of the molecule is CC(C)(C)c1ccc(S(=O)(=O)NCCNC(=O)c2ccc(Cl)cc2)cc1. The second-order valence-corrected chi connectivity index (χ2v) is 9.14. The van der Waals surface area contributed by atoms with Gasteiger partial charge >= 0.3 is 0 Å². The standard InChI is InChI=1S/C19H23ClN2O3S/c1-19(2,3)15-6-10-17(11-7-15)26(24,25)22-13-12-21-18(23)14-4-8-16(20)9-5-14/h4-11,22H,12-13H2,1-3H3,(H,21,23). The third-order valence-electron chi connectivity index (χ3n) is 3.84. The van der Waals surface area contributed by atoms with Crippen LogP contribution in [0.2, 0.25) is 5.02 Å². The van der Waals surface area contributed by atoms with Gasteiger partial charge in [-0.1, -0.05) is 44.5 Å². The van der Waals surface area contributed by atoms with E-state index in [1.807, 2.05) is 12.1 Å². The zero-order valence-corrected chi connectivity index (χ0v) is 16.6. The van der Waals surface area contributed by atoms with Crippen molar-refractivity contribution >= 4 is 27.5 Å². The zero-order valence-electron chi connectivity index (χ0n) is 15.0. The third kappa shape index (κ3) is 5.56. The van der Waals surface area contributed by atoms with Crippen molar-refractivity contribution in [1.29, 1.82) is 0 Å². The average molecular weight is 395 g/mol. The van der Waals surface area contributed by atoms with Crippen LogP contribution in [-0.4, -0.2) is 27.4 Å². The van der Waals surface area contributed by atoms with Gasteiger partial charge in [0.05, 0.1) is 4.90 Å². The quantitative estimate of drug-likeness (QED) is 0.738. The summed E-state index contributed by atoms with van der Waals surface area (Å²) >= 11 is 5.78. The molecular formula is C19H23ClN2O3S. The highest BCUT2D eigenvalue weighted by molar-refractivity contribution is 7.89. The Labute approximate surface area is 159 Å². The number of amides is 1. The van der Waals surface area contributed by atoms with Gasteiger partial charge in [0.2, 0.25) is 10.0 Å². The van der Waals surface area contributed by atoms with Gasteiger partial charge in [-0.3, -0.25) is 4.79 Å². The summed E-state index contributed by atoms with van der Waals surface area (Å²) in [5.74, 6) is -0.282. The van der Waals surface area contributed by atoms with Gasteiger partial charge in [0.15, 0.2) is 0 Å². The highest BCUT2D eigenvalue weighted by atomic mass is 35.5. The molecule has 2 aromatic rings. The summed E-state index contributed by atoms with van der Waals surface area (Å²) in [4.78, 5) is 12.2. The molecule has 7 heteroatoms. The van der Waals surface area contributed by atoms with Crippen molar-refractivity contribution in [3.05, 3.63) is 64.7 Å². The fourth-order valence-electron chi connectivity index (χ4n) is 2.28. The zero-order chi connectivity index (χ0) is 19.4. The van der Waals surface area contributed by atoms with E-state index in [2.05, 4.69) is 30.8 Å². The number of sulfonamides is 1. The van der Waals surface area contributed by atoms with Crippen LogP contribution in [0.25, 0.3) is 0 Å². The fraction of sp³-hybridized carbons (Fsp3) is 0.316. The molecule has 0 radical (unpaired) electrons. The smallest absolute Gasteiger partial charge is 0.251 e. The van der Waals surface area contributed by atoms with Crippen LogP contribution in [0, 0.1) is 0 Å². The number of halogens is 1. The number of hydrogen-bond donors (Lipinski definition) is 2. The summed E-state index contributed by atoms with van der Waals surface area (Å²) in [6, 6.07) is 13.3. The Morgan fingerprint density at radius 3 is 2.08 bits per heavy atom. The number of rotatable bonds is 6. The summed E-state index contributed by atoms with van der Waals surface area (Å²) in [6.07, 6.45) is 0. The Morgan fingerprint density at radius 1 is 0.962 bits per heavy atom. The van der Waals surface area contributed by atoms with Crippen LogP contribution in [0.4, 0.5) is 0 Å². The van der Waals surface area contributed by atoms with Gasteiger partial charge in [-0.05, 0) is 47.4 Å². The number of hydrogen-bond acceptors (Lipinski definition) is 3. The van der Waals surface area contributed by atoms with E-state index in [0.717, 1.165) is 5.56 Å². The summed E-state index contributed by atoms with van der Waals surface area (Å²) < 4.78 is 27.1. The molecule has 0 saturated carbocycles. The number of benzene rings is 2. The first-order valence-electron chi connectivity index (χ1n) is 8.23. The molecule has 140 valence electrons. The van der Waals surface area contributed by atoms with Crippen molar-refractivity contribution in [2.75, 3.05) is 13.1 Å². The summed E-state index contributed by atoms with van der Waals surface area (Å²) in [7, 11) is -3.61. The first-order valence-corrected chi connectivity index (χ1v) is 10.1. The number of carbonyl (C=O) groups is 1. The van der Waals surface area contributed by atoms with E-state index in [9.17, 15) is 13.2 Å². The fourth-order valence-corrected chi connectivity index (χ4v) is 3.44. The Bertz CT molecular complexity index is 855. The predicted molar refractivity (Wildman–Crippen MR) is 104 cm³/mol. The second-order valence-electron chi connectivity index (χ2n) is 6.93. The van der Waals surface area contributed by atoms with Gasteiger partial charge in [0.1, 0.15) is 0 Å². The molecule has 0 saturated heterocycles. The topological polar surface area (TPSA) is 75.3 Å². The molecule has 26 heavy (non-hydrogen) atoms. The minimum Gasteiger partial charge on any atom is -0.351 e. The van der Waals surface area contributed by atoms with Crippen LogP contribution in [-0.2, 0) is 15.4 Å². The van der Waals surface area contributed by atoms with E-state index >= 15 is 0 Å². The highest BCUT2D eigenvalue weighted by Crippen LogP contribution is 2.23. The van der Waals surface area contributed by atoms with E-state index in [1.54, 1.807) is 36.4 Å². The highest BCUT2D eigenvalue weighted by Gasteiger charge is 2.17. The molecule has 0 aromatic heterocycles. The lowest BCUT2D eigenvalue weighted by Crippen LogP contribution is -2.34. The molecule has 5 nitrogen and oxygen atoms in total. The first-order chi connectivity index (χ1) is 12.1. The lowest BCUT2D eigenvalue weighted by atomic mass is 9.87. The van der Waals surface area contributed by atoms with E-state index in [1.165, 1.54) is 0 Å². The molecule has 0 fully saturated rings. The van der Waals surface area contributed by atoms with Gasteiger partial charge in [-0.25, -0.2) is 13.1 Å². The summed E-state index contributed by atoms with van der Waals surface area (Å²) in [6.45, 7) is 6.48. The summed E-state index contributed by atoms with van der Waals surface area (Å²) in [5, 5.41) is 3.21.